The number of hydrogen-bond donors (Lipinski definition) is 0. The molecule has 0 radical (unpaired) electrons. The Hall–Kier alpha value is -3.69. The fourth-order valence-corrected chi connectivity index (χ4v) is 3.52. The Balaban J connectivity index is 1.90. The molecule has 1 aliphatic heterocycles. The second-order valence-electron chi connectivity index (χ2n) is 7.44. The van der Waals surface area contributed by atoms with Crippen LogP contribution in [-0.4, -0.2) is 5.78 Å². The molecule has 2 nitrogen and oxygen atoms in total. The van der Waals surface area contributed by atoms with E-state index < -0.39 is 58.3 Å². The lowest BCUT2D eigenvalue weighted by atomic mass is 9.88. The lowest BCUT2D eigenvalue weighted by molar-refractivity contribution is -0.138. The van der Waals surface area contributed by atoms with Gasteiger partial charge in [-0.1, -0.05) is 24.3 Å². The summed E-state index contributed by atoms with van der Waals surface area (Å²) in [6, 6.07) is 8.82. The Morgan fingerprint density at radius 3 is 2.00 bits per heavy atom. The van der Waals surface area contributed by atoms with E-state index in [9.17, 15) is 39.9 Å². The molecule has 10 heteroatoms. The SMILES string of the molecule is O=C1/C(=C/c2cccc(C(F)(F)F)c2)C(c2cccc(C(F)(F)F)c2)Oc2cc(F)c(F)cc21. The Bertz CT molecular complexity index is 1310. The highest BCUT2D eigenvalue weighted by atomic mass is 19.4. The van der Waals surface area contributed by atoms with Gasteiger partial charge in [0.25, 0.3) is 0 Å². The number of hydrogen-bond acceptors (Lipinski definition) is 2. The van der Waals surface area contributed by atoms with E-state index in [0.717, 1.165) is 36.4 Å². The number of fused-ring (bicyclic) bond motifs is 1. The Morgan fingerprint density at radius 2 is 1.35 bits per heavy atom. The van der Waals surface area contributed by atoms with Crippen molar-refractivity contribution < 1.29 is 44.7 Å². The Kier molecular flexibility index (Phi) is 5.71. The summed E-state index contributed by atoms with van der Waals surface area (Å²) in [7, 11) is 0. The van der Waals surface area contributed by atoms with E-state index in [0.29, 0.717) is 18.2 Å². The minimum absolute atomic E-state index is 0.0928. The standard InChI is InChI=1S/C24H12F8O2/c25-18-10-16-20(11-19(18)26)34-22(13-4-2-6-15(9-13)24(30,31)32)17(21(16)33)8-12-3-1-5-14(7-12)23(27,28)29/h1-11,22H/b17-8-. The first-order valence-electron chi connectivity index (χ1n) is 9.61. The van der Waals surface area contributed by atoms with E-state index in [1.807, 2.05) is 0 Å². The highest BCUT2D eigenvalue weighted by Crippen LogP contribution is 2.42. The molecule has 0 saturated heterocycles. The zero-order valence-electron chi connectivity index (χ0n) is 16.8. The van der Waals surface area contributed by atoms with E-state index in [-0.39, 0.29) is 16.7 Å². The monoisotopic (exact) mass is 484 g/mol. The number of carbonyl (C=O) groups is 1. The minimum Gasteiger partial charge on any atom is -0.480 e. The fourth-order valence-electron chi connectivity index (χ4n) is 3.52. The van der Waals surface area contributed by atoms with Crippen LogP contribution in [0.1, 0.15) is 38.7 Å². The van der Waals surface area contributed by atoms with Gasteiger partial charge in [0.2, 0.25) is 0 Å². The number of ketones is 1. The second-order valence-corrected chi connectivity index (χ2v) is 7.44. The van der Waals surface area contributed by atoms with Crippen LogP contribution in [0.5, 0.6) is 5.75 Å². The van der Waals surface area contributed by atoms with Gasteiger partial charge >= 0.3 is 12.4 Å². The Labute approximate surface area is 187 Å². The van der Waals surface area contributed by atoms with Gasteiger partial charge in [0, 0.05) is 11.6 Å². The lowest BCUT2D eigenvalue weighted by Crippen LogP contribution is -2.24. The molecule has 34 heavy (non-hydrogen) atoms. The Morgan fingerprint density at radius 1 is 0.765 bits per heavy atom. The van der Waals surface area contributed by atoms with E-state index in [1.165, 1.54) is 12.1 Å². The average Bonchev–Trinajstić information content (AvgIpc) is 2.76. The zero-order chi connectivity index (χ0) is 24.8. The summed E-state index contributed by atoms with van der Waals surface area (Å²) >= 11 is 0. The van der Waals surface area contributed by atoms with Gasteiger partial charge in [-0.15, -0.1) is 0 Å². The molecule has 0 spiro atoms. The molecule has 3 aromatic carbocycles. The summed E-state index contributed by atoms with van der Waals surface area (Å²) in [6.45, 7) is 0. The molecule has 3 aromatic rings. The summed E-state index contributed by atoms with van der Waals surface area (Å²) in [4.78, 5) is 13.2. The molecule has 0 N–H and O–H groups in total. The van der Waals surface area contributed by atoms with Crippen molar-refractivity contribution >= 4 is 11.9 Å². The molecule has 0 aliphatic carbocycles. The van der Waals surface area contributed by atoms with Crippen molar-refractivity contribution in [3.05, 3.63) is 106 Å². The van der Waals surface area contributed by atoms with Crippen LogP contribution in [0.4, 0.5) is 35.1 Å². The molecular weight excluding hydrogens is 472 g/mol. The van der Waals surface area contributed by atoms with E-state index in [2.05, 4.69) is 0 Å². The summed E-state index contributed by atoms with van der Waals surface area (Å²) in [5.41, 5.74) is -3.09. The summed E-state index contributed by atoms with van der Waals surface area (Å²) < 4.78 is 112. The summed E-state index contributed by atoms with van der Waals surface area (Å²) in [5, 5.41) is 0. The number of Topliss-reactive ketones (excluding diaryl/α,β-unsaturated/α-hetero) is 1. The van der Waals surface area contributed by atoms with E-state index >= 15 is 0 Å². The van der Waals surface area contributed by atoms with Crippen LogP contribution in [0.2, 0.25) is 0 Å². The van der Waals surface area contributed by atoms with Crippen LogP contribution in [0, 0.1) is 11.6 Å². The van der Waals surface area contributed by atoms with Gasteiger partial charge in [-0.3, -0.25) is 4.79 Å². The normalized spacial score (nSPS) is 17.5. The van der Waals surface area contributed by atoms with Crippen molar-refractivity contribution in [2.45, 2.75) is 18.5 Å². The molecule has 176 valence electrons. The predicted molar refractivity (Wildman–Crippen MR) is 105 cm³/mol. The molecule has 0 aromatic heterocycles. The maximum atomic E-state index is 13.8. The number of benzene rings is 3. The number of halogens is 8. The van der Waals surface area contributed by atoms with Crippen LogP contribution >= 0.6 is 0 Å². The molecule has 1 heterocycles. The first kappa shape index (κ1) is 23.5. The van der Waals surface area contributed by atoms with E-state index in [1.54, 1.807) is 0 Å². The zero-order valence-corrected chi connectivity index (χ0v) is 16.8. The maximum absolute atomic E-state index is 13.8. The van der Waals surface area contributed by atoms with Crippen molar-refractivity contribution in [1.29, 1.82) is 0 Å². The molecule has 0 amide bonds. The highest BCUT2D eigenvalue weighted by Gasteiger charge is 2.37. The van der Waals surface area contributed by atoms with Crippen molar-refractivity contribution in [2.24, 2.45) is 0 Å². The number of alkyl halides is 6. The molecule has 0 bridgehead atoms. The van der Waals surface area contributed by atoms with Gasteiger partial charge in [0.05, 0.1) is 16.7 Å². The second kappa shape index (κ2) is 8.27. The lowest BCUT2D eigenvalue weighted by Gasteiger charge is -2.29. The quantitative estimate of drug-likeness (QED) is 0.280. The van der Waals surface area contributed by atoms with Gasteiger partial charge in [0.15, 0.2) is 23.5 Å². The number of ether oxygens (including phenoxy) is 1. The van der Waals surface area contributed by atoms with Crippen molar-refractivity contribution in [3.63, 3.8) is 0 Å². The summed E-state index contributed by atoms with van der Waals surface area (Å²) in [5.74, 6) is -4.06. The van der Waals surface area contributed by atoms with Crippen molar-refractivity contribution in [1.82, 2.24) is 0 Å². The van der Waals surface area contributed by atoms with Gasteiger partial charge in [-0.2, -0.15) is 26.3 Å². The first-order chi connectivity index (χ1) is 15.8. The molecule has 0 saturated carbocycles. The summed E-state index contributed by atoms with van der Waals surface area (Å²) in [6.07, 6.45) is -9.92. The van der Waals surface area contributed by atoms with Crippen LogP contribution < -0.4 is 4.74 Å². The average molecular weight is 484 g/mol. The van der Waals surface area contributed by atoms with Crippen LogP contribution in [-0.2, 0) is 12.4 Å². The van der Waals surface area contributed by atoms with Crippen molar-refractivity contribution in [3.8, 4) is 5.75 Å². The molecule has 4 rings (SSSR count). The third-order valence-electron chi connectivity index (χ3n) is 5.11. The van der Waals surface area contributed by atoms with Gasteiger partial charge < -0.3 is 4.74 Å². The number of rotatable bonds is 2. The number of carbonyl (C=O) groups excluding carboxylic acids is 1. The molecule has 1 atom stereocenters. The van der Waals surface area contributed by atoms with Crippen LogP contribution in [0.25, 0.3) is 6.08 Å². The molecular formula is C24H12F8O2. The topological polar surface area (TPSA) is 26.3 Å². The molecule has 1 unspecified atom stereocenters. The smallest absolute Gasteiger partial charge is 0.416 e. The highest BCUT2D eigenvalue weighted by molar-refractivity contribution is 6.14. The van der Waals surface area contributed by atoms with Gasteiger partial charge in [0.1, 0.15) is 5.75 Å². The van der Waals surface area contributed by atoms with Gasteiger partial charge in [-0.25, -0.2) is 8.78 Å². The van der Waals surface area contributed by atoms with Gasteiger partial charge in [-0.05, 0) is 47.5 Å². The third-order valence-corrected chi connectivity index (χ3v) is 5.11. The third kappa shape index (κ3) is 4.52. The van der Waals surface area contributed by atoms with Crippen LogP contribution in [0.15, 0.2) is 66.2 Å². The minimum atomic E-state index is -4.73. The first-order valence-corrected chi connectivity index (χ1v) is 9.61. The fraction of sp³-hybridized carbons (Fsp3) is 0.125. The van der Waals surface area contributed by atoms with E-state index in [4.69, 9.17) is 4.74 Å². The largest absolute Gasteiger partial charge is 0.480 e. The molecule has 1 aliphatic rings. The predicted octanol–water partition coefficient (Wildman–Crippen LogP) is 7.40. The van der Waals surface area contributed by atoms with Crippen molar-refractivity contribution in [2.75, 3.05) is 0 Å². The van der Waals surface area contributed by atoms with Crippen LogP contribution in [0.3, 0.4) is 0 Å². The maximum Gasteiger partial charge on any atom is 0.416 e. The molecule has 0 fully saturated rings.